The molecule has 0 aliphatic carbocycles. The Morgan fingerprint density at radius 1 is 1.25 bits per heavy atom. The van der Waals surface area contributed by atoms with Crippen molar-refractivity contribution in [2.75, 3.05) is 0 Å². The van der Waals surface area contributed by atoms with Gasteiger partial charge in [-0.15, -0.1) is 11.3 Å². The third kappa shape index (κ3) is 2.20. The zero-order valence-corrected chi connectivity index (χ0v) is 12.2. The van der Waals surface area contributed by atoms with Gasteiger partial charge in [0.05, 0.1) is 21.6 Å². The van der Waals surface area contributed by atoms with Gasteiger partial charge in [0.2, 0.25) is 0 Å². The molecular weight excluding hydrogens is 268 g/mol. The predicted molar refractivity (Wildman–Crippen MR) is 82.5 cm³/mol. The van der Waals surface area contributed by atoms with E-state index in [1.54, 1.807) is 17.5 Å². The number of thiazole rings is 1. The van der Waals surface area contributed by atoms with Crippen LogP contribution in [0.4, 0.5) is 0 Å². The van der Waals surface area contributed by atoms with Crippen LogP contribution in [0.25, 0.3) is 10.8 Å². The van der Waals surface area contributed by atoms with E-state index in [1.807, 2.05) is 32.2 Å². The molecule has 0 radical (unpaired) electrons. The minimum atomic E-state index is -0.0610. The Morgan fingerprint density at radius 3 is 2.80 bits per heavy atom. The molecule has 1 atom stereocenters. The maximum Gasteiger partial charge on any atom is 0.0900 e. The monoisotopic (exact) mass is 284 g/mol. The van der Waals surface area contributed by atoms with Crippen LogP contribution in [0.5, 0.6) is 0 Å². The molecule has 0 saturated heterocycles. The lowest BCUT2D eigenvalue weighted by atomic mass is 9.99. The third-order valence-electron chi connectivity index (χ3n) is 3.40. The molecule has 2 heterocycles. The van der Waals surface area contributed by atoms with Crippen molar-refractivity contribution in [2.45, 2.75) is 19.9 Å². The number of nitrogens with zero attached hydrogens (tertiary/aromatic N) is 2. The Labute approximate surface area is 121 Å². The van der Waals surface area contributed by atoms with E-state index in [1.165, 1.54) is 0 Å². The summed E-state index contributed by atoms with van der Waals surface area (Å²) in [5, 5.41) is 3.33. The highest BCUT2D eigenvalue weighted by atomic mass is 32.1. The topological polar surface area (TPSA) is 63.8 Å². The smallest absolute Gasteiger partial charge is 0.0900 e. The maximum absolute atomic E-state index is 5.81. The molecule has 20 heavy (non-hydrogen) atoms. The van der Waals surface area contributed by atoms with Crippen LogP contribution >= 0.6 is 11.3 Å². The molecular formula is C15H16N4S. The van der Waals surface area contributed by atoms with Crippen molar-refractivity contribution < 1.29 is 0 Å². The number of hydrogen-bond acceptors (Lipinski definition) is 5. The minimum Gasteiger partial charge on any atom is -0.271 e. The van der Waals surface area contributed by atoms with Crippen LogP contribution in [0.3, 0.4) is 0 Å². The van der Waals surface area contributed by atoms with Crippen LogP contribution in [-0.4, -0.2) is 9.97 Å². The molecule has 0 saturated carbocycles. The second-order valence-electron chi connectivity index (χ2n) is 4.73. The fourth-order valence-corrected chi connectivity index (χ4v) is 3.52. The van der Waals surface area contributed by atoms with E-state index in [0.717, 1.165) is 31.9 Å². The van der Waals surface area contributed by atoms with Crippen molar-refractivity contribution in [1.82, 2.24) is 15.4 Å². The van der Waals surface area contributed by atoms with Crippen molar-refractivity contribution in [3.8, 4) is 0 Å². The SMILES string of the molecule is Cc1nc(C)c(C(NN)c2cccc3ccncc23)s1. The number of aromatic nitrogens is 2. The molecule has 3 aromatic rings. The molecule has 3 N–H and O–H groups in total. The standard InChI is InChI=1S/C15H16N4S/c1-9-15(20-10(2)18-9)14(19-16)12-5-3-4-11-6-7-17-8-13(11)12/h3-8,14,19H,16H2,1-2H3. The van der Waals surface area contributed by atoms with E-state index in [-0.39, 0.29) is 6.04 Å². The largest absolute Gasteiger partial charge is 0.271 e. The molecule has 0 bridgehead atoms. The molecule has 102 valence electrons. The number of hydrogen-bond donors (Lipinski definition) is 2. The van der Waals surface area contributed by atoms with Gasteiger partial charge < -0.3 is 0 Å². The van der Waals surface area contributed by atoms with Gasteiger partial charge in [-0.3, -0.25) is 10.8 Å². The van der Waals surface area contributed by atoms with Crippen LogP contribution in [0.1, 0.15) is 27.2 Å². The van der Waals surface area contributed by atoms with Crippen LogP contribution in [0.15, 0.2) is 36.7 Å². The summed E-state index contributed by atoms with van der Waals surface area (Å²) in [6, 6.07) is 8.17. The molecule has 0 aliphatic heterocycles. The predicted octanol–water partition coefficient (Wildman–Crippen LogP) is 2.86. The van der Waals surface area contributed by atoms with E-state index < -0.39 is 0 Å². The van der Waals surface area contributed by atoms with Crippen LogP contribution in [-0.2, 0) is 0 Å². The lowest BCUT2D eigenvalue weighted by molar-refractivity contribution is 0.646. The molecule has 0 spiro atoms. The Kier molecular flexibility index (Phi) is 3.48. The number of hydrazine groups is 1. The van der Waals surface area contributed by atoms with Crippen LogP contribution in [0.2, 0.25) is 0 Å². The Hall–Kier alpha value is -1.82. The highest BCUT2D eigenvalue weighted by molar-refractivity contribution is 7.11. The summed E-state index contributed by atoms with van der Waals surface area (Å²) in [4.78, 5) is 9.88. The summed E-state index contributed by atoms with van der Waals surface area (Å²) < 4.78 is 0. The normalized spacial score (nSPS) is 12.8. The molecule has 2 aromatic heterocycles. The van der Waals surface area contributed by atoms with Crippen molar-refractivity contribution in [3.05, 3.63) is 57.8 Å². The van der Waals surface area contributed by atoms with Crippen molar-refractivity contribution >= 4 is 22.1 Å². The van der Waals surface area contributed by atoms with Gasteiger partial charge in [-0.25, -0.2) is 10.4 Å². The van der Waals surface area contributed by atoms with Crippen molar-refractivity contribution in [1.29, 1.82) is 0 Å². The summed E-state index contributed by atoms with van der Waals surface area (Å²) in [6.45, 7) is 4.03. The fourth-order valence-electron chi connectivity index (χ4n) is 2.51. The second-order valence-corrected chi connectivity index (χ2v) is 5.96. The number of fused-ring (bicyclic) bond motifs is 1. The van der Waals surface area contributed by atoms with Crippen LogP contribution < -0.4 is 11.3 Å². The lowest BCUT2D eigenvalue weighted by Gasteiger charge is -2.17. The summed E-state index contributed by atoms with van der Waals surface area (Å²) in [6.07, 6.45) is 3.69. The zero-order valence-electron chi connectivity index (χ0n) is 11.4. The van der Waals surface area contributed by atoms with Crippen molar-refractivity contribution in [3.63, 3.8) is 0 Å². The van der Waals surface area contributed by atoms with Crippen molar-refractivity contribution in [2.24, 2.45) is 5.84 Å². The third-order valence-corrected chi connectivity index (χ3v) is 4.53. The minimum absolute atomic E-state index is 0.0610. The maximum atomic E-state index is 5.81. The van der Waals surface area contributed by atoms with Gasteiger partial charge in [-0.05, 0) is 30.9 Å². The first-order chi connectivity index (χ1) is 9.70. The van der Waals surface area contributed by atoms with Gasteiger partial charge in [0.15, 0.2) is 0 Å². The number of nitrogens with one attached hydrogen (secondary N) is 1. The van der Waals surface area contributed by atoms with Gasteiger partial charge in [0.1, 0.15) is 0 Å². The molecule has 5 heteroatoms. The van der Waals surface area contributed by atoms with Gasteiger partial charge in [-0.2, -0.15) is 0 Å². The quantitative estimate of drug-likeness (QED) is 0.573. The van der Waals surface area contributed by atoms with Gasteiger partial charge in [0.25, 0.3) is 0 Å². The lowest BCUT2D eigenvalue weighted by Crippen LogP contribution is -2.28. The van der Waals surface area contributed by atoms with Gasteiger partial charge in [0, 0.05) is 17.8 Å². The number of nitrogens with two attached hydrogens (primary N) is 1. The molecule has 0 amide bonds. The molecule has 0 fully saturated rings. The number of aryl methyl sites for hydroxylation is 2. The summed E-state index contributed by atoms with van der Waals surface area (Å²) >= 11 is 1.68. The Balaban J connectivity index is 2.19. The molecule has 0 aliphatic rings. The van der Waals surface area contributed by atoms with E-state index in [9.17, 15) is 0 Å². The number of benzene rings is 1. The zero-order chi connectivity index (χ0) is 14.1. The van der Waals surface area contributed by atoms with E-state index in [4.69, 9.17) is 5.84 Å². The molecule has 4 nitrogen and oxygen atoms in total. The molecule has 3 rings (SSSR count). The highest BCUT2D eigenvalue weighted by Gasteiger charge is 2.20. The fraction of sp³-hybridized carbons (Fsp3) is 0.200. The molecule has 1 aromatic carbocycles. The Bertz CT molecular complexity index is 745. The summed E-state index contributed by atoms with van der Waals surface area (Å²) in [7, 11) is 0. The first-order valence-corrected chi connectivity index (χ1v) is 7.25. The first-order valence-electron chi connectivity index (χ1n) is 6.43. The first kappa shape index (κ1) is 13.2. The summed E-state index contributed by atoms with van der Waals surface area (Å²) in [5.74, 6) is 5.81. The summed E-state index contributed by atoms with van der Waals surface area (Å²) in [5.41, 5.74) is 5.08. The highest BCUT2D eigenvalue weighted by Crippen LogP contribution is 2.32. The number of pyridine rings is 1. The van der Waals surface area contributed by atoms with Crippen LogP contribution in [0, 0.1) is 13.8 Å². The van der Waals surface area contributed by atoms with E-state index in [0.29, 0.717) is 0 Å². The number of rotatable bonds is 3. The van der Waals surface area contributed by atoms with E-state index in [2.05, 4.69) is 27.5 Å². The average molecular weight is 284 g/mol. The second kappa shape index (κ2) is 5.28. The average Bonchev–Trinajstić information content (AvgIpc) is 2.79. The van der Waals surface area contributed by atoms with Gasteiger partial charge in [-0.1, -0.05) is 18.2 Å². The van der Waals surface area contributed by atoms with E-state index >= 15 is 0 Å². The van der Waals surface area contributed by atoms with Gasteiger partial charge >= 0.3 is 0 Å². The molecule has 1 unspecified atom stereocenters. The Morgan fingerprint density at radius 2 is 2.10 bits per heavy atom.